The minimum absolute atomic E-state index is 0.225. The topological polar surface area (TPSA) is 132 Å². The lowest BCUT2D eigenvalue weighted by molar-refractivity contribution is -0.125. The van der Waals surface area contributed by atoms with Crippen LogP contribution in [-0.2, 0) is 9.53 Å². The fourth-order valence-corrected chi connectivity index (χ4v) is 5.08. The number of aliphatic imine (C=N–C) groups is 2. The lowest BCUT2D eigenvalue weighted by Crippen LogP contribution is -2.45. The molecule has 10 nitrogen and oxygen atoms in total. The average molecular weight is 577 g/mol. The SMILES string of the molecule is CCCC[C@@H](NC(=O)C1(C)CSC(/C(C)=N/CCCNC(=O)OC(C)(C)C)=N1)c1cc(OCC2CC2)cc(=O)o1. The lowest BCUT2D eigenvalue weighted by Gasteiger charge is -2.24. The summed E-state index contributed by atoms with van der Waals surface area (Å²) in [6.07, 6.45) is 4.94. The highest BCUT2D eigenvalue weighted by atomic mass is 32.2. The number of alkyl carbamates (subject to hydrolysis) is 1. The van der Waals surface area contributed by atoms with E-state index in [-0.39, 0.29) is 5.91 Å². The molecule has 11 heteroatoms. The molecule has 1 aromatic heterocycles. The first kappa shape index (κ1) is 31.7. The molecule has 0 bridgehead atoms. The number of hydrogen-bond donors (Lipinski definition) is 2. The van der Waals surface area contributed by atoms with Crippen molar-refractivity contribution in [2.45, 2.75) is 97.2 Å². The molecular formula is C29H44N4O6S. The monoisotopic (exact) mass is 576 g/mol. The van der Waals surface area contributed by atoms with Gasteiger partial charge in [0.1, 0.15) is 27.7 Å². The Morgan fingerprint density at radius 2 is 2.02 bits per heavy atom. The van der Waals surface area contributed by atoms with Crippen molar-refractivity contribution >= 4 is 34.5 Å². The van der Waals surface area contributed by atoms with Crippen LogP contribution in [0.15, 0.2) is 31.3 Å². The summed E-state index contributed by atoms with van der Waals surface area (Å²) in [4.78, 5) is 46.8. The molecule has 0 spiro atoms. The molecule has 2 atom stereocenters. The van der Waals surface area contributed by atoms with Gasteiger partial charge in [-0.1, -0.05) is 19.8 Å². The van der Waals surface area contributed by atoms with Crippen LogP contribution in [-0.4, -0.2) is 59.3 Å². The van der Waals surface area contributed by atoms with E-state index in [0.717, 1.165) is 36.4 Å². The minimum atomic E-state index is -0.972. The minimum Gasteiger partial charge on any atom is -0.493 e. The van der Waals surface area contributed by atoms with E-state index < -0.39 is 28.9 Å². The van der Waals surface area contributed by atoms with Gasteiger partial charge in [-0.05, 0) is 66.2 Å². The van der Waals surface area contributed by atoms with Gasteiger partial charge in [0.15, 0.2) is 0 Å². The van der Waals surface area contributed by atoms with Gasteiger partial charge in [-0.2, -0.15) is 0 Å². The normalized spacial score (nSPS) is 20.1. The number of carbonyl (C=O) groups excluding carboxylic acids is 2. The van der Waals surface area contributed by atoms with Crippen LogP contribution in [0.1, 0.15) is 91.9 Å². The Balaban J connectivity index is 1.59. The molecule has 1 unspecified atom stereocenters. The third-order valence-electron chi connectivity index (χ3n) is 6.43. The van der Waals surface area contributed by atoms with Gasteiger partial charge in [0.2, 0.25) is 5.91 Å². The van der Waals surface area contributed by atoms with Gasteiger partial charge in [-0.15, -0.1) is 11.8 Å². The van der Waals surface area contributed by atoms with Crippen LogP contribution < -0.4 is 21.0 Å². The Labute approximate surface area is 241 Å². The average Bonchev–Trinajstić information content (AvgIpc) is 3.62. The third-order valence-corrected chi connectivity index (χ3v) is 7.80. The quantitative estimate of drug-likeness (QED) is 0.234. The molecule has 2 N–H and O–H groups in total. The van der Waals surface area contributed by atoms with Crippen LogP contribution >= 0.6 is 11.8 Å². The smallest absolute Gasteiger partial charge is 0.407 e. The first-order valence-corrected chi connectivity index (χ1v) is 15.2. The number of ether oxygens (including phenoxy) is 2. The van der Waals surface area contributed by atoms with Crippen molar-refractivity contribution < 1.29 is 23.5 Å². The number of nitrogens with one attached hydrogen (secondary N) is 2. The van der Waals surface area contributed by atoms with Crippen molar-refractivity contribution in [2.24, 2.45) is 15.9 Å². The number of unbranched alkanes of at least 4 members (excludes halogenated alkanes) is 1. The molecule has 0 radical (unpaired) electrons. The maximum absolute atomic E-state index is 13.5. The lowest BCUT2D eigenvalue weighted by atomic mass is 10.0. The van der Waals surface area contributed by atoms with Gasteiger partial charge >= 0.3 is 11.7 Å². The third kappa shape index (κ3) is 10.3. The van der Waals surface area contributed by atoms with Crippen molar-refractivity contribution in [3.8, 4) is 5.75 Å². The molecule has 1 aromatic rings. The molecule has 40 heavy (non-hydrogen) atoms. The van der Waals surface area contributed by atoms with E-state index in [1.54, 1.807) is 6.07 Å². The fraction of sp³-hybridized carbons (Fsp3) is 0.690. The van der Waals surface area contributed by atoms with E-state index in [2.05, 4.69) is 22.5 Å². The summed E-state index contributed by atoms with van der Waals surface area (Å²) in [6, 6.07) is 2.61. The molecule has 2 aliphatic rings. The van der Waals surface area contributed by atoms with Crippen LogP contribution in [0.2, 0.25) is 0 Å². The molecule has 3 rings (SSSR count). The first-order chi connectivity index (χ1) is 18.9. The summed E-state index contributed by atoms with van der Waals surface area (Å²) in [5.41, 5.74) is -1.24. The van der Waals surface area contributed by atoms with Crippen molar-refractivity contribution in [2.75, 3.05) is 25.4 Å². The van der Waals surface area contributed by atoms with Gasteiger partial charge in [-0.3, -0.25) is 14.8 Å². The van der Waals surface area contributed by atoms with Crippen molar-refractivity contribution in [3.05, 3.63) is 28.3 Å². The molecule has 2 heterocycles. The van der Waals surface area contributed by atoms with Crippen molar-refractivity contribution in [3.63, 3.8) is 0 Å². The summed E-state index contributed by atoms with van der Waals surface area (Å²) in [7, 11) is 0. The number of carbonyl (C=O) groups is 2. The van der Waals surface area contributed by atoms with Crippen LogP contribution in [0, 0.1) is 5.92 Å². The predicted octanol–water partition coefficient (Wildman–Crippen LogP) is 5.06. The van der Waals surface area contributed by atoms with Gasteiger partial charge < -0.3 is 24.5 Å². The van der Waals surface area contributed by atoms with Crippen molar-refractivity contribution in [1.82, 2.24) is 10.6 Å². The number of amides is 2. The highest BCUT2D eigenvalue weighted by molar-refractivity contribution is 8.16. The fourth-order valence-electron chi connectivity index (χ4n) is 3.93. The zero-order valence-electron chi connectivity index (χ0n) is 24.6. The highest BCUT2D eigenvalue weighted by Gasteiger charge is 2.40. The molecular weight excluding hydrogens is 532 g/mol. The molecule has 222 valence electrons. The van der Waals surface area contributed by atoms with E-state index in [1.807, 2.05) is 34.6 Å². The summed E-state index contributed by atoms with van der Waals surface area (Å²) in [5, 5.41) is 6.54. The molecule has 0 saturated heterocycles. The highest BCUT2D eigenvalue weighted by Crippen LogP contribution is 2.32. The molecule has 0 aromatic carbocycles. The largest absolute Gasteiger partial charge is 0.493 e. The summed E-state index contributed by atoms with van der Waals surface area (Å²) in [5.74, 6) is 1.69. The standard InChI is InChI=1S/C29H44N4O6S/c1-7-8-10-22(23-15-21(16-24(34)38-23)37-17-20-11-12-20)32-26(35)29(6)18-40-25(33-29)19(2)30-13-9-14-31-27(36)39-28(3,4)5/h15-16,20,22H,7-14,17-18H2,1-6H3,(H,31,36)(H,32,35)/b30-19+/t22-,29?/m1/s1. The second kappa shape index (κ2) is 14.2. The van der Waals surface area contributed by atoms with Crippen LogP contribution in [0.3, 0.4) is 0 Å². The van der Waals surface area contributed by atoms with Crippen molar-refractivity contribution in [1.29, 1.82) is 0 Å². The first-order valence-electron chi connectivity index (χ1n) is 14.2. The van der Waals surface area contributed by atoms with Crippen LogP contribution in [0.5, 0.6) is 5.75 Å². The Morgan fingerprint density at radius 1 is 1.27 bits per heavy atom. The predicted molar refractivity (Wildman–Crippen MR) is 159 cm³/mol. The summed E-state index contributed by atoms with van der Waals surface area (Å²) >= 11 is 1.50. The molecule has 1 saturated carbocycles. The maximum Gasteiger partial charge on any atom is 0.407 e. The second-order valence-corrected chi connectivity index (χ2v) is 12.6. The number of hydrogen-bond acceptors (Lipinski definition) is 9. The van der Waals surface area contributed by atoms with Gasteiger partial charge in [0.05, 0.1) is 24.4 Å². The van der Waals surface area contributed by atoms with Gasteiger partial charge in [-0.25, -0.2) is 9.59 Å². The Hall–Kier alpha value is -2.82. The molecule has 1 aliphatic carbocycles. The Morgan fingerprint density at radius 3 is 2.70 bits per heavy atom. The number of thioether (sulfide) groups is 1. The number of rotatable bonds is 14. The Bertz CT molecular complexity index is 1150. The maximum atomic E-state index is 13.5. The van der Waals surface area contributed by atoms with Crippen LogP contribution in [0.4, 0.5) is 4.79 Å². The molecule has 1 aliphatic heterocycles. The van der Waals surface area contributed by atoms with E-state index >= 15 is 0 Å². The van der Waals surface area contributed by atoms with E-state index in [0.29, 0.717) is 55.7 Å². The summed E-state index contributed by atoms with van der Waals surface area (Å²) in [6.45, 7) is 12.8. The van der Waals surface area contributed by atoms with Crippen LogP contribution in [0.25, 0.3) is 0 Å². The van der Waals surface area contributed by atoms with E-state index in [9.17, 15) is 14.4 Å². The zero-order chi connectivity index (χ0) is 29.3. The Kier molecular flexibility index (Phi) is 11.2. The number of nitrogens with zero attached hydrogens (tertiary/aromatic N) is 2. The molecule has 1 fully saturated rings. The summed E-state index contributed by atoms with van der Waals surface area (Å²) < 4.78 is 16.6. The second-order valence-electron chi connectivity index (χ2n) is 11.7. The van der Waals surface area contributed by atoms with E-state index in [1.165, 1.54) is 17.8 Å². The van der Waals surface area contributed by atoms with Gasteiger partial charge in [0.25, 0.3) is 0 Å². The van der Waals surface area contributed by atoms with E-state index in [4.69, 9.17) is 18.9 Å². The zero-order valence-corrected chi connectivity index (χ0v) is 25.4. The van der Waals surface area contributed by atoms with Gasteiger partial charge in [0, 0.05) is 24.9 Å². The molecule has 2 amide bonds.